The van der Waals surface area contributed by atoms with Gasteiger partial charge in [0.25, 0.3) is 0 Å². The van der Waals surface area contributed by atoms with Crippen molar-refractivity contribution in [2.24, 2.45) is 5.73 Å². The van der Waals surface area contributed by atoms with Gasteiger partial charge in [-0.15, -0.1) is 0 Å². The fourth-order valence-electron chi connectivity index (χ4n) is 1.42. The van der Waals surface area contributed by atoms with Gasteiger partial charge in [0.2, 0.25) is 6.41 Å². The molecular formula is C7H16N2O2. The molecule has 1 rings (SSSR count). The molecule has 0 aliphatic carbocycles. The third-order valence-corrected chi connectivity index (χ3v) is 1.98. The molecule has 0 aromatic heterocycles. The lowest BCUT2D eigenvalue weighted by molar-refractivity contribution is -0.144. The Morgan fingerprint density at radius 1 is 1.73 bits per heavy atom. The van der Waals surface area contributed by atoms with Crippen LogP contribution in [0.1, 0.15) is 13.8 Å². The maximum absolute atomic E-state index is 9.31. The minimum atomic E-state index is -0.761. The molecule has 1 unspecified atom stereocenters. The molecule has 0 bridgehead atoms. The van der Waals surface area contributed by atoms with Crippen LogP contribution in [0.3, 0.4) is 0 Å². The van der Waals surface area contributed by atoms with Crippen LogP contribution in [-0.2, 0) is 4.74 Å². The Morgan fingerprint density at radius 3 is 2.73 bits per heavy atom. The Morgan fingerprint density at radius 2 is 2.36 bits per heavy atom. The van der Waals surface area contributed by atoms with Gasteiger partial charge in [0.1, 0.15) is 0 Å². The standard InChI is InChI=1S/C7H16N2O2/c1-5(2)9-6(3-8)4-11-7(9)10/h5-7,10H,3-4,8H2,1-2H3/t6-,7?/m0/s1. The molecule has 0 aromatic rings. The van der Waals surface area contributed by atoms with Crippen molar-refractivity contribution in [2.75, 3.05) is 13.2 Å². The second-order valence-electron chi connectivity index (χ2n) is 3.09. The highest BCUT2D eigenvalue weighted by Crippen LogP contribution is 2.17. The van der Waals surface area contributed by atoms with E-state index in [0.29, 0.717) is 13.2 Å². The lowest BCUT2D eigenvalue weighted by Crippen LogP contribution is -2.45. The summed E-state index contributed by atoms with van der Waals surface area (Å²) in [5.41, 5.74) is 5.49. The lowest BCUT2D eigenvalue weighted by atomic mass is 10.2. The summed E-state index contributed by atoms with van der Waals surface area (Å²) in [6.45, 7) is 5.10. The van der Waals surface area contributed by atoms with Gasteiger partial charge in [-0.1, -0.05) is 0 Å². The second-order valence-corrected chi connectivity index (χ2v) is 3.09. The molecule has 1 aliphatic rings. The first-order valence-electron chi connectivity index (χ1n) is 3.94. The minimum absolute atomic E-state index is 0.171. The lowest BCUT2D eigenvalue weighted by Gasteiger charge is -2.27. The topological polar surface area (TPSA) is 58.7 Å². The number of aliphatic hydroxyl groups is 1. The third kappa shape index (κ3) is 1.70. The van der Waals surface area contributed by atoms with Gasteiger partial charge < -0.3 is 15.6 Å². The van der Waals surface area contributed by atoms with Gasteiger partial charge in [-0.05, 0) is 13.8 Å². The van der Waals surface area contributed by atoms with Crippen molar-refractivity contribution in [3.05, 3.63) is 0 Å². The highest BCUT2D eigenvalue weighted by molar-refractivity contribution is 4.79. The van der Waals surface area contributed by atoms with E-state index in [2.05, 4.69) is 0 Å². The highest BCUT2D eigenvalue weighted by Gasteiger charge is 2.33. The normalized spacial score (nSPS) is 33.5. The van der Waals surface area contributed by atoms with Crippen molar-refractivity contribution in [1.29, 1.82) is 0 Å². The number of ether oxygens (including phenoxy) is 1. The third-order valence-electron chi connectivity index (χ3n) is 1.98. The van der Waals surface area contributed by atoms with E-state index < -0.39 is 6.41 Å². The van der Waals surface area contributed by atoms with E-state index in [1.807, 2.05) is 18.7 Å². The molecule has 4 heteroatoms. The van der Waals surface area contributed by atoms with Crippen LogP contribution in [0.4, 0.5) is 0 Å². The van der Waals surface area contributed by atoms with Crippen molar-refractivity contribution in [3.63, 3.8) is 0 Å². The van der Waals surface area contributed by atoms with E-state index in [1.54, 1.807) is 0 Å². The average Bonchev–Trinajstić information content (AvgIpc) is 2.30. The largest absolute Gasteiger partial charge is 0.356 e. The zero-order chi connectivity index (χ0) is 8.43. The summed E-state index contributed by atoms with van der Waals surface area (Å²) in [7, 11) is 0. The minimum Gasteiger partial charge on any atom is -0.356 e. The molecule has 1 fully saturated rings. The summed E-state index contributed by atoms with van der Waals surface area (Å²) < 4.78 is 5.03. The van der Waals surface area contributed by atoms with Crippen molar-refractivity contribution in [3.8, 4) is 0 Å². The van der Waals surface area contributed by atoms with E-state index in [-0.39, 0.29) is 12.1 Å². The van der Waals surface area contributed by atoms with Crippen molar-refractivity contribution in [1.82, 2.24) is 4.90 Å². The summed E-state index contributed by atoms with van der Waals surface area (Å²) >= 11 is 0. The Balaban J connectivity index is 2.56. The van der Waals surface area contributed by atoms with Gasteiger partial charge in [0, 0.05) is 12.6 Å². The van der Waals surface area contributed by atoms with Crippen LogP contribution in [0.5, 0.6) is 0 Å². The van der Waals surface area contributed by atoms with Crippen molar-refractivity contribution < 1.29 is 9.84 Å². The van der Waals surface area contributed by atoms with Crippen molar-refractivity contribution >= 4 is 0 Å². The van der Waals surface area contributed by atoms with E-state index in [1.165, 1.54) is 0 Å². The maximum atomic E-state index is 9.31. The van der Waals surface area contributed by atoms with Gasteiger partial charge in [-0.2, -0.15) is 0 Å². The monoisotopic (exact) mass is 160 g/mol. The molecule has 0 spiro atoms. The number of aliphatic hydroxyl groups excluding tert-OH is 1. The Hall–Kier alpha value is -0.160. The van der Waals surface area contributed by atoms with E-state index in [9.17, 15) is 5.11 Å². The molecule has 11 heavy (non-hydrogen) atoms. The molecule has 0 aromatic carbocycles. The predicted octanol–water partition coefficient (Wildman–Crippen LogP) is -0.670. The SMILES string of the molecule is CC(C)N1C(O)OC[C@@H]1CN. The number of nitrogens with two attached hydrogens (primary N) is 1. The fraction of sp³-hybridized carbons (Fsp3) is 1.00. The Kier molecular flexibility index (Phi) is 2.84. The van der Waals surface area contributed by atoms with Crippen LogP contribution in [0, 0.1) is 0 Å². The molecule has 3 N–H and O–H groups in total. The Bertz CT molecular complexity index is 130. The molecule has 1 aliphatic heterocycles. The second kappa shape index (κ2) is 3.49. The average molecular weight is 160 g/mol. The molecule has 0 amide bonds. The number of hydrogen-bond donors (Lipinski definition) is 2. The molecule has 1 heterocycles. The van der Waals surface area contributed by atoms with Gasteiger partial charge in [0.05, 0.1) is 12.6 Å². The van der Waals surface area contributed by atoms with Crippen LogP contribution < -0.4 is 5.73 Å². The number of hydrogen-bond acceptors (Lipinski definition) is 4. The highest BCUT2D eigenvalue weighted by atomic mass is 16.6. The molecule has 0 radical (unpaired) electrons. The summed E-state index contributed by atoms with van der Waals surface area (Å²) in [6, 6.07) is 0.450. The molecule has 0 saturated carbocycles. The van der Waals surface area contributed by atoms with Crippen LogP contribution in [0.15, 0.2) is 0 Å². The van der Waals surface area contributed by atoms with Crippen LogP contribution in [-0.4, -0.2) is 41.7 Å². The zero-order valence-corrected chi connectivity index (χ0v) is 7.03. The van der Waals surface area contributed by atoms with Crippen LogP contribution >= 0.6 is 0 Å². The van der Waals surface area contributed by atoms with Crippen molar-refractivity contribution in [2.45, 2.75) is 32.3 Å². The predicted molar refractivity (Wildman–Crippen MR) is 41.8 cm³/mol. The molecule has 1 saturated heterocycles. The maximum Gasteiger partial charge on any atom is 0.216 e. The summed E-state index contributed by atoms with van der Waals surface area (Å²) in [4.78, 5) is 1.88. The molecular weight excluding hydrogens is 144 g/mol. The van der Waals surface area contributed by atoms with Gasteiger partial charge in [-0.25, -0.2) is 4.90 Å². The van der Waals surface area contributed by atoms with Gasteiger partial charge in [0.15, 0.2) is 0 Å². The van der Waals surface area contributed by atoms with Gasteiger partial charge in [-0.3, -0.25) is 0 Å². The number of rotatable bonds is 2. The summed E-state index contributed by atoms with van der Waals surface area (Å²) in [5.74, 6) is 0. The fourth-order valence-corrected chi connectivity index (χ4v) is 1.42. The van der Waals surface area contributed by atoms with Crippen LogP contribution in [0.2, 0.25) is 0 Å². The van der Waals surface area contributed by atoms with E-state index in [0.717, 1.165) is 0 Å². The Labute approximate surface area is 66.9 Å². The van der Waals surface area contributed by atoms with E-state index in [4.69, 9.17) is 10.5 Å². The molecule has 4 nitrogen and oxygen atoms in total. The first-order chi connectivity index (χ1) is 5.16. The van der Waals surface area contributed by atoms with Gasteiger partial charge >= 0.3 is 0 Å². The smallest absolute Gasteiger partial charge is 0.216 e. The number of nitrogens with zero attached hydrogens (tertiary/aromatic N) is 1. The summed E-state index contributed by atoms with van der Waals surface area (Å²) in [6.07, 6.45) is -0.761. The van der Waals surface area contributed by atoms with Crippen LogP contribution in [0.25, 0.3) is 0 Å². The first-order valence-corrected chi connectivity index (χ1v) is 3.94. The first kappa shape index (κ1) is 8.93. The molecule has 66 valence electrons. The quantitative estimate of drug-likeness (QED) is 0.562. The molecule has 2 atom stereocenters. The zero-order valence-electron chi connectivity index (χ0n) is 7.03. The van der Waals surface area contributed by atoms with E-state index >= 15 is 0 Å². The summed E-state index contributed by atoms with van der Waals surface area (Å²) in [5, 5.41) is 9.31.